The van der Waals surface area contributed by atoms with Gasteiger partial charge in [0.25, 0.3) is 0 Å². The second kappa shape index (κ2) is 5.34. The molecule has 0 spiro atoms. The summed E-state index contributed by atoms with van der Waals surface area (Å²) < 4.78 is 15.9. The molecule has 2 saturated heterocycles. The molecular weight excluding hydrogens is 236 g/mol. The third-order valence-corrected chi connectivity index (χ3v) is 3.62. The predicted octanol–water partition coefficient (Wildman–Crippen LogP) is 0.513. The molecule has 0 amide bonds. The maximum atomic E-state index is 9.89. The molecule has 0 radical (unpaired) electrons. The van der Waals surface area contributed by atoms with Crippen LogP contribution >= 0.6 is 0 Å². The maximum Gasteiger partial charge on any atom is 0.234 e. The summed E-state index contributed by atoms with van der Waals surface area (Å²) in [4.78, 5) is 4.37. The Morgan fingerprint density at radius 1 is 1.17 bits per heavy atom. The van der Waals surface area contributed by atoms with Crippen molar-refractivity contribution in [1.82, 2.24) is 10.1 Å². The summed E-state index contributed by atoms with van der Waals surface area (Å²) in [5, 5.41) is 13.9. The highest BCUT2D eigenvalue weighted by atomic mass is 16.5. The Kier molecular flexibility index (Phi) is 3.58. The molecule has 3 atom stereocenters. The molecule has 3 rings (SSSR count). The van der Waals surface area contributed by atoms with Crippen molar-refractivity contribution in [2.24, 2.45) is 5.92 Å². The average Bonchev–Trinajstić information content (AvgIpc) is 3.02. The highest BCUT2D eigenvalue weighted by molar-refractivity contribution is 4.99. The molecule has 0 aromatic carbocycles. The van der Waals surface area contributed by atoms with Crippen molar-refractivity contribution >= 4 is 0 Å². The lowest BCUT2D eigenvalue weighted by molar-refractivity contribution is -0.0149. The highest BCUT2D eigenvalue weighted by Gasteiger charge is 2.30. The van der Waals surface area contributed by atoms with Crippen molar-refractivity contribution in [2.75, 3.05) is 26.4 Å². The minimum atomic E-state index is -0.443. The Balaban J connectivity index is 1.64. The van der Waals surface area contributed by atoms with Gasteiger partial charge in [-0.2, -0.15) is 4.98 Å². The van der Waals surface area contributed by atoms with Gasteiger partial charge in [0.05, 0.1) is 18.6 Å². The average molecular weight is 254 g/mol. The van der Waals surface area contributed by atoms with Crippen molar-refractivity contribution in [3.05, 3.63) is 11.7 Å². The van der Waals surface area contributed by atoms with Crippen LogP contribution in [0.2, 0.25) is 0 Å². The van der Waals surface area contributed by atoms with E-state index in [1.165, 1.54) is 0 Å². The summed E-state index contributed by atoms with van der Waals surface area (Å²) in [6.07, 6.45) is 2.02. The van der Waals surface area contributed by atoms with E-state index in [2.05, 4.69) is 10.1 Å². The Morgan fingerprint density at radius 3 is 2.78 bits per heavy atom. The highest BCUT2D eigenvalue weighted by Crippen LogP contribution is 2.25. The molecule has 1 aromatic heterocycles. The summed E-state index contributed by atoms with van der Waals surface area (Å²) in [7, 11) is 0. The Bertz CT molecular complexity index is 389. The van der Waals surface area contributed by atoms with Crippen LogP contribution in [0.15, 0.2) is 4.52 Å². The number of aliphatic hydroxyl groups excluding tert-OH is 1. The van der Waals surface area contributed by atoms with E-state index in [1.807, 2.05) is 0 Å². The predicted molar refractivity (Wildman–Crippen MR) is 61.1 cm³/mol. The molecule has 1 N–H and O–H groups in total. The lowest BCUT2D eigenvalue weighted by Crippen LogP contribution is -2.30. The van der Waals surface area contributed by atoms with Crippen LogP contribution in [0.25, 0.3) is 0 Å². The molecule has 0 aliphatic carbocycles. The first-order valence-corrected chi connectivity index (χ1v) is 6.49. The number of aliphatic hydroxyl groups is 1. The number of rotatable bonds is 3. The van der Waals surface area contributed by atoms with Gasteiger partial charge in [0.1, 0.15) is 0 Å². The van der Waals surface area contributed by atoms with Crippen molar-refractivity contribution in [3.8, 4) is 0 Å². The normalized spacial score (nSPS) is 32.8. The zero-order valence-corrected chi connectivity index (χ0v) is 10.2. The lowest BCUT2D eigenvalue weighted by atomic mass is 9.99. The Morgan fingerprint density at radius 2 is 2.00 bits per heavy atom. The van der Waals surface area contributed by atoms with E-state index in [4.69, 9.17) is 14.0 Å². The first-order valence-electron chi connectivity index (χ1n) is 6.49. The smallest absolute Gasteiger partial charge is 0.234 e. The Hall–Kier alpha value is -0.980. The molecular formula is C12H18N2O4. The topological polar surface area (TPSA) is 77.6 Å². The molecule has 100 valence electrons. The lowest BCUT2D eigenvalue weighted by Gasteiger charge is -2.24. The number of hydrogen-bond donors (Lipinski definition) is 1. The van der Waals surface area contributed by atoms with Crippen LogP contribution in [0.4, 0.5) is 0 Å². The molecule has 6 nitrogen and oxygen atoms in total. The fraction of sp³-hybridized carbons (Fsp3) is 0.833. The molecule has 0 bridgehead atoms. The van der Waals surface area contributed by atoms with Crippen LogP contribution in [0.3, 0.4) is 0 Å². The number of aromatic nitrogens is 2. The second-order valence-electron chi connectivity index (χ2n) is 5.02. The van der Waals surface area contributed by atoms with Crippen LogP contribution in [0.5, 0.6) is 0 Å². The molecule has 18 heavy (non-hydrogen) atoms. The zero-order chi connectivity index (χ0) is 12.4. The van der Waals surface area contributed by atoms with Gasteiger partial charge in [-0.15, -0.1) is 0 Å². The monoisotopic (exact) mass is 254 g/mol. The summed E-state index contributed by atoms with van der Waals surface area (Å²) in [5.74, 6) is 1.51. The zero-order valence-electron chi connectivity index (χ0n) is 10.2. The van der Waals surface area contributed by atoms with Gasteiger partial charge in [-0.25, -0.2) is 0 Å². The third kappa shape index (κ3) is 2.55. The molecule has 3 heterocycles. The van der Waals surface area contributed by atoms with E-state index in [-0.39, 0.29) is 5.92 Å². The van der Waals surface area contributed by atoms with Crippen molar-refractivity contribution in [3.63, 3.8) is 0 Å². The number of ether oxygens (including phenoxy) is 2. The van der Waals surface area contributed by atoms with Gasteiger partial charge in [-0.1, -0.05) is 5.16 Å². The minimum Gasteiger partial charge on any atom is -0.392 e. The van der Waals surface area contributed by atoms with Crippen LogP contribution in [-0.2, 0) is 15.9 Å². The van der Waals surface area contributed by atoms with E-state index in [0.29, 0.717) is 37.3 Å². The number of nitrogens with zero attached hydrogens (tertiary/aromatic N) is 2. The van der Waals surface area contributed by atoms with E-state index < -0.39 is 6.10 Å². The molecule has 0 saturated carbocycles. The van der Waals surface area contributed by atoms with Gasteiger partial charge in [-0.3, -0.25) is 0 Å². The quantitative estimate of drug-likeness (QED) is 0.847. The van der Waals surface area contributed by atoms with E-state index in [0.717, 1.165) is 26.1 Å². The minimum absolute atomic E-state index is 0.181. The maximum absolute atomic E-state index is 9.89. The summed E-state index contributed by atoms with van der Waals surface area (Å²) in [5.41, 5.74) is 0. The van der Waals surface area contributed by atoms with Crippen LogP contribution < -0.4 is 0 Å². The van der Waals surface area contributed by atoms with Gasteiger partial charge in [-0.05, 0) is 18.8 Å². The molecule has 1 aromatic rings. The van der Waals surface area contributed by atoms with Crippen molar-refractivity contribution in [2.45, 2.75) is 31.3 Å². The fourth-order valence-electron chi connectivity index (χ4n) is 2.47. The van der Waals surface area contributed by atoms with E-state index in [1.54, 1.807) is 0 Å². The molecule has 2 fully saturated rings. The van der Waals surface area contributed by atoms with E-state index >= 15 is 0 Å². The Labute approximate surface area is 105 Å². The van der Waals surface area contributed by atoms with Crippen molar-refractivity contribution < 1.29 is 19.1 Å². The van der Waals surface area contributed by atoms with Gasteiger partial charge >= 0.3 is 0 Å². The first kappa shape index (κ1) is 12.1. The van der Waals surface area contributed by atoms with Crippen LogP contribution in [-0.4, -0.2) is 47.8 Å². The summed E-state index contributed by atoms with van der Waals surface area (Å²) >= 11 is 0. The van der Waals surface area contributed by atoms with Gasteiger partial charge in [0.2, 0.25) is 5.89 Å². The molecule has 6 heteroatoms. The summed E-state index contributed by atoms with van der Waals surface area (Å²) in [6.45, 7) is 2.65. The molecule has 2 aliphatic rings. The van der Waals surface area contributed by atoms with Gasteiger partial charge in [0.15, 0.2) is 5.82 Å². The van der Waals surface area contributed by atoms with Crippen LogP contribution in [0.1, 0.15) is 30.5 Å². The van der Waals surface area contributed by atoms with Gasteiger partial charge < -0.3 is 19.1 Å². The van der Waals surface area contributed by atoms with E-state index in [9.17, 15) is 5.11 Å². The van der Waals surface area contributed by atoms with Crippen molar-refractivity contribution in [1.29, 1.82) is 0 Å². The fourth-order valence-corrected chi connectivity index (χ4v) is 2.47. The summed E-state index contributed by atoms with van der Waals surface area (Å²) in [6, 6.07) is 0. The molecule has 3 unspecified atom stereocenters. The first-order chi connectivity index (χ1) is 8.83. The van der Waals surface area contributed by atoms with Crippen LogP contribution in [0, 0.1) is 5.92 Å². The van der Waals surface area contributed by atoms with Gasteiger partial charge in [0, 0.05) is 26.2 Å². The largest absolute Gasteiger partial charge is 0.392 e. The second-order valence-corrected chi connectivity index (χ2v) is 5.02. The number of hydrogen-bond acceptors (Lipinski definition) is 6. The SMILES string of the molecule is OC1CCOCC1c1nc(CC2CCOC2)no1. The third-order valence-electron chi connectivity index (χ3n) is 3.62. The molecule has 2 aliphatic heterocycles. The standard InChI is InChI=1S/C12H18N2O4/c15-10-2-4-17-7-9(10)12-13-11(14-18-12)5-8-1-3-16-6-8/h8-10,15H,1-7H2.